The maximum atomic E-state index is 13.0. The third kappa shape index (κ3) is 6.20. The minimum absolute atomic E-state index is 0.0736. The lowest BCUT2D eigenvalue weighted by atomic mass is 9.95. The molecule has 2 rings (SSSR count). The fraction of sp³-hybridized carbons (Fsp3) is 0.474. The van der Waals surface area contributed by atoms with Gasteiger partial charge in [0.1, 0.15) is 6.04 Å². The number of amides is 2. The lowest BCUT2D eigenvalue weighted by Crippen LogP contribution is -2.61. The van der Waals surface area contributed by atoms with E-state index in [2.05, 4.69) is 16.7 Å². The van der Waals surface area contributed by atoms with Gasteiger partial charge in [-0.15, -0.1) is 0 Å². The van der Waals surface area contributed by atoms with E-state index in [4.69, 9.17) is 9.94 Å². The second-order valence-electron chi connectivity index (χ2n) is 6.68. The summed E-state index contributed by atoms with van der Waals surface area (Å²) in [6.07, 6.45) is -3.34. The molecule has 29 heavy (non-hydrogen) atoms. The number of halogens is 2. The van der Waals surface area contributed by atoms with E-state index in [-0.39, 0.29) is 5.56 Å². The number of benzene rings is 1. The normalized spacial score (nSPS) is 17.6. The molecule has 2 amide bonds. The van der Waals surface area contributed by atoms with Crippen LogP contribution in [-0.4, -0.2) is 77.9 Å². The Bertz CT molecular complexity index is 768. The van der Waals surface area contributed by atoms with Crippen LogP contribution < -0.4 is 10.8 Å². The highest BCUT2D eigenvalue weighted by Gasteiger charge is 2.46. The average Bonchev–Trinajstić information content (AvgIpc) is 2.72. The second-order valence-corrected chi connectivity index (χ2v) is 6.68. The molecule has 0 spiro atoms. The van der Waals surface area contributed by atoms with Crippen LogP contribution in [0.4, 0.5) is 8.78 Å². The molecule has 1 aliphatic heterocycles. The highest BCUT2D eigenvalue weighted by atomic mass is 19.3. The second kappa shape index (κ2) is 10.3. The van der Waals surface area contributed by atoms with Gasteiger partial charge in [-0.2, -0.15) is 0 Å². The maximum absolute atomic E-state index is 13.0. The van der Waals surface area contributed by atoms with Crippen LogP contribution in [-0.2, 0) is 9.53 Å². The van der Waals surface area contributed by atoms with Crippen molar-refractivity contribution in [3.8, 4) is 11.8 Å². The van der Waals surface area contributed by atoms with Crippen LogP contribution in [0, 0.1) is 11.8 Å². The van der Waals surface area contributed by atoms with Crippen LogP contribution in [0.25, 0.3) is 0 Å². The van der Waals surface area contributed by atoms with Gasteiger partial charge in [-0.25, -0.2) is 14.3 Å². The first-order valence-electron chi connectivity index (χ1n) is 8.90. The first kappa shape index (κ1) is 22.7. The van der Waals surface area contributed by atoms with Gasteiger partial charge in [0, 0.05) is 24.2 Å². The molecule has 2 atom stereocenters. The number of rotatable bonds is 6. The van der Waals surface area contributed by atoms with Crippen molar-refractivity contribution in [2.24, 2.45) is 0 Å². The number of carbonyl (C=O) groups is 2. The molecule has 0 bridgehead atoms. The monoisotopic (exact) mass is 411 g/mol. The van der Waals surface area contributed by atoms with Crippen LogP contribution in [0.15, 0.2) is 24.3 Å². The third-order valence-electron chi connectivity index (χ3n) is 4.46. The maximum Gasteiger partial charge on any atom is 0.269 e. The number of carbonyl (C=O) groups excluding carboxylic acids is 2. The molecule has 8 nitrogen and oxygen atoms in total. The van der Waals surface area contributed by atoms with Crippen molar-refractivity contribution in [1.82, 2.24) is 15.7 Å². The van der Waals surface area contributed by atoms with Gasteiger partial charge >= 0.3 is 0 Å². The van der Waals surface area contributed by atoms with Crippen LogP contribution in [0.3, 0.4) is 0 Å². The fourth-order valence-electron chi connectivity index (χ4n) is 2.60. The van der Waals surface area contributed by atoms with Crippen molar-refractivity contribution in [2.45, 2.75) is 25.0 Å². The Morgan fingerprint density at radius 2 is 1.90 bits per heavy atom. The molecule has 0 aliphatic carbocycles. The molecule has 158 valence electrons. The Labute approximate surface area is 166 Å². The number of hydrogen-bond acceptors (Lipinski definition) is 6. The molecule has 0 saturated carbocycles. The fourth-order valence-corrected chi connectivity index (χ4v) is 2.60. The molecule has 1 aliphatic rings. The van der Waals surface area contributed by atoms with Crippen LogP contribution in [0.5, 0.6) is 0 Å². The van der Waals surface area contributed by atoms with Gasteiger partial charge in [-0.3, -0.25) is 19.7 Å². The van der Waals surface area contributed by atoms with Crippen molar-refractivity contribution < 1.29 is 33.4 Å². The highest BCUT2D eigenvalue weighted by Crippen LogP contribution is 2.20. The SMILES string of the molecule is C[C@@](O)(C(F)F)C(NC(=O)c1ccc(C#CCN2CCOCC2)cc1)C(=O)NO. The molecule has 1 heterocycles. The predicted octanol–water partition coefficient (Wildman–Crippen LogP) is -0.00980. The molecule has 0 radical (unpaired) electrons. The van der Waals surface area contributed by atoms with E-state index in [1.54, 1.807) is 12.1 Å². The largest absolute Gasteiger partial charge is 0.381 e. The summed E-state index contributed by atoms with van der Waals surface area (Å²) >= 11 is 0. The van der Waals surface area contributed by atoms with Gasteiger partial charge in [0.2, 0.25) is 0 Å². The summed E-state index contributed by atoms with van der Waals surface area (Å²) in [6, 6.07) is 3.92. The molecule has 0 aromatic heterocycles. The third-order valence-corrected chi connectivity index (χ3v) is 4.46. The lowest BCUT2D eigenvalue weighted by molar-refractivity contribution is -0.149. The number of aliphatic hydroxyl groups is 1. The molecule has 1 aromatic carbocycles. The van der Waals surface area contributed by atoms with E-state index in [0.29, 0.717) is 32.2 Å². The molecular weight excluding hydrogens is 388 g/mol. The van der Waals surface area contributed by atoms with Gasteiger partial charge in [-0.05, 0) is 31.2 Å². The summed E-state index contributed by atoms with van der Waals surface area (Å²) in [5.74, 6) is 3.76. The number of hydroxylamine groups is 1. The predicted molar refractivity (Wildman–Crippen MR) is 98.4 cm³/mol. The van der Waals surface area contributed by atoms with E-state index in [1.165, 1.54) is 17.6 Å². The summed E-state index contributed by atoms with van der Waals surface area (Å²) < 4.78 is 31.3. The topological polar surface area (TPSA) is 111 Å². The van der Waals surface area contributed by atoms with Crippen molar-refractivity contribution in [2.75, 3.05) is 32.8 Å². The van der Waals surface area contributed by atoms with Crippen LogP contribution in [0.1, 0.15) is 22.8 Å². The highest BCUT2D eigenvalue weighted by molar-refractivity contribution is 5.97. The van der Waals surface area contributed by atoms with E-state index in [9.17, 15) is 23.5 Å². The summed E-state index contributed by atoms with van der Waals surface area (Å²) in [5.41, 5.74) is -0.991. The first-order chi connectivity index (χ1) is 13.8. The molecule has 1 saturated heterocycles. The molecule has 10 heteroatoms. The molecule has 4 N–H and O–H groups in total. The Hall–Kier alpha value is -2.58. The summed E-state index contributed by atoms with van der Waals surface area (Å²) in [5, 5.41) is 20.6. The number of alkyl halides is 2. The van der Waals surface area contributed by atoms with E-state index >= 15 is 0 Å². The lowest BCUT2D eigenvalue weighted by Gasteiger charge is -2.30. The summed E-state index contributed by atoms with van der Waals surface area (Å²) in [7, 11) is 0. The van der Waals surface area contributed by atoms with Gasteiger partial charge < -0.3 is 15.2 Å². The number of ether oxygens (including phenoxy) is 1. The van der Waals surface area contributed by atoms with Gasteiger partial charge in [0.15, 0.2) is 5.60 Å². The Morgan fingerprint density at radius 1 is 1.28 bits per heavy atom. The minimum Gasteiger partial charge on any atom is -0.381 e. The molecule has 1 aromatic rings. The summed E-state index contributed by atoms with van der Waals surface area (Å²) in [6.45, 7) is 4.27. The zero-order valence-electron chi connectivity index (χ0n) is 15.8. The Morgan fingerprint density at radius 3 is 2.45 bits per heavy atom. The van der Waals surface area contributed by atoms with Crippen molar-refractivity contribution in [3.05, 3.63) is 35.4 Å². The number of hydrogen-bond donors (Lipinski definition) is 4. The van der Waals surface area contributed by atoms with Gasteiger partial charge in [-0.1, -0.05) is 11.8 Å². The summed E-state index contributed by atoms with van der Waals surface area (Å²) in [4.78, 5) is 26.1. The van der Waals surface area contributed by atoms with Crippen LogP contribution in [0.2, 0.25) is 0 Å². The van der Waals surface area contributed by atoms with Crippen molar-refractivity contribution in [1.29, 1.82) is 0 Å². The van der Waals surface area contributed by atoms with Crippen molar-refractivity contribution >= 4 is 11.8 Å². The quantitative estimate of drug-likeness (QED) is 0.298. The minimum atomic E-state index is -3.34. The Balaban J connectivity index is 2.02. The van der Waals surface area contributed by atoms with Gasteiger partial charge in [0.25, 0.3) is 18.2 Å². The molecular formula is C19H23F2N3O5. The van der Waals surface area contributed by atoms with E-state index < -0.39 is 29.9 Å². The average molecular weight is 411 g/mol. The molecule has 1 unspecified atom stereocenters. The van der Waals surface area contributed by atoms with Crippen molar-refractivity contribution in [3.63, 3.8) is 0 Å². The van der Waals surface area contributed by atoms with E-state index in [0.717, 1.165) is 13.1 Å². The first-order valence-corrected chi connectivity index (χ1v) is 8.90. The smallest absolute Gasteiger partial charge is 0.269 e. The van der Waals surface area contributed by atoms with Gasteiger partial charge in [0.05, 0.1) is 19.8 Å². The van der Waals surface area contributed by atoms with Crippen LogP contribution >= 0.6 is 0 Å². The zero-order chi connectivity index (χ0) is 21.4. The standard InChI is InChI=1S/C19H23F2N3O5/c1-19(27,18(20)21)15(17(26)23-28)22-16(25)14-6-4-13(5-7-14)3-2-8-24-9-11-29-12-10-24/h4-7,15,18,27-28H,8-12H2,1H3,(H,22,25)(H,23,26)/t15?,19-/m0/s1. The number of morpholine rings is 1. The molecule has 1 fully saturated rings. The number of nitrogens with one attached hydrogen (secondary N) is 2. The number of nitrogens with zero attached hydrogens (tertiary/aromatic N) is 1. The van der Waals surface area contributed by atoms with E-state index in [1.807, 2.05) is 5.32 Å². The zero-order valence-corrected chi connectivity index (χ0v) is 15.8. The Kier molecular flexibility index (Phi) is 8.04.